The normalized spacial score (nSPS) is 30.2. The lowest BCUT2D eigenvalue weighted by atomic mass is 9.83. The fourth-order valence-corrected chi connectivity index (χ4v) is 5.22. The van der Waals surface area contributed by atoms with Crippen molar-refractivity contribution >= 4 is 11.3 Å². The predicted molar refractivity (Wildman–Crippen MR) is 86.7 cm³/mol. The maximum atomic E-state index is 5.12. The molecule has 0 spiro atoms. The lowest BCUT2D eigenvalue weighted by Crippen LogP contribution is -2.24. The molecule has 1 N–H and O–H groups in total. The number of likely N-dealkylation sites (N-methyl/N-ethyl adjacent to an activating group) is 1. The summed E-state index contributed by atoms with van der Waals surface area (Å²) >= 11 is 2.04. The number of nitrogens with zero attached hydrogens (tertiary/aromatic N) is 1. The Morgan fingerprint density at radius 3 is 2.95 bits per heavy atom. The lowest BCUT2D eigenvalue weighted by molar-refractivity contribution is 0.343. The topological polar surface area (TPSA) is 24.9 Å². The minimum absolute atomic E-state index is 0.671. The molecule has 1 heterocycles. The molecule has 2 aliphatic carbocycles. The second-order valence-electron chi connectivity index (χ2n) is 6.73. The van der Waals surface area contributed by atoms with Crippen molar-refractivity contribution in [3.63, 3.8) is 0 Å². The van der Waals surface area contributed by atoms with Crippen molar-refractivity contribution in [2.24, 2.45) is 5.92 Å². The second kappa shape index (κ2) is 6.57. The van der Waals surface area contributed by atoms with Crippen LogP contribution in [0.5, 0.6) is 0 Å². The minimum atomic E-state index is 0.671. The van der Waals surface area contributed by atoms with Gasteiger partial charge in [0.2, 0.25) is 0 Å². The van der Waals surface area contributed by atoms with Crippen molar-refractivity contribution < 1.29 is 0 Å². The number of hydrogen-bond donors (Lipinski definition) is 1. The first-order valence-corrected chi connectivity index (χ1v) is 9.29. The Bertz CT molecular complexity index is 440. The van der Waals surface area contributed by atoms with Gasteiger partial charge in [0.05, 0.1) is 10.7 Å². The predicted octanol–water partition coefficient (Wildman–Crippen LogP) is 4.47. The highest BCUT2D eigenvalue weighted by Gasteiger charge is 2.28. The van der Waals surface area contributed by atoms with E-state index in [0.29, 0.717) is 5.92 Å². The van der Waals surface area contributed by atoms with Crippen LogP contribution in [0.4, 0.5) is 0 Å². The van der Waals surface area contributed by atoms with Gasteiger partial charge in [-0.25, -0.2) is 4.98 Å². The van der Waals surface area contributed by atoms with Crippen LogP contribution in [0.1, 0.15) is 79.8 Å². The van der Waals surface area contributed by atoms with Crippen molar-refractivity contribution in [2.45, 2.75) is 70.6 Å². The molecule has 1 aromatic rings. The van der Waals surface area contributed by atoms with E-state index in [-0.39, 0.29) is 0 Å². The number of aromatic nitrogens is 1. The van der Waals surface area contributed by atoms with Gasteiger partial charge in [0, 0.05) is 23.3 Å². The number of fused-ring (bicyclic) bond motifs is 1. The quantitative estimate of drug-likeness (QED) is 0.886. The highest BCUT2D eigenvalue weighted by molar-refractivity contribution is 7.11. The van der Waals surface area contributed by atoms with Crippen molar-refractivity contribution in [2.75, 3.05) is 13.1 Å². The Balaban J connectivity index is 1.76. The highest BCUT2D eigenvalue weighted by atomic mass is 32.1. The summed E-state index contributed by atoms with van der Waals surface area (Å²) in [6.07, 6.45) is 9.51. The molecule has 20 heavy (non-hydrogen) atoms. The highest BCUT2D eigenvalue weighted by Crippen LogP contribution is 2.42. The van der Waals surface area contributed by atoms with Gasteiger partial charge in [-0.3, -0.25) is 0 Å². The minimum Gasteiger partial charge on any atom is -0.316 e. The molecule has 0 saturated heterocycles. The molecule has 112 valence electrons. The summed E-state index contributed by atoms with van der Waals surface area (Å²) in [7, 11) is 0. The first-order chi connectivity index (χ1) is 9.78. The van der Waals surface area contributed by atoms with E-state index in [0.717, 1.165) is 24.9 Å². The molecule has 1 aromatic heterocycles. The van der Waals surface area contributed by atoms with E-state index in [9.17, 15) is 0 Å². The van der Waals surface area contributed by atoms with Gasteiger partial charge in [0.25, 0.3) is 0 Å². The van der Waals surface area contributed by atoms with E-state index >= 15 is 0 Å². The Morgan fingerprint density at radius 2 is 2.15 bits per heavy atom. The van der Waals surface area contributed by atoms with Crippen molar-refractivity contribution in [3.8, 4) is 0 Å². The van der Waals surface area contributed by atoms with Gasteiger partial charge in [-0.05, 0) is 44.6 Å². The molecular formula is C17H28N2S. The molecule has 3 atom stereocenters. The van der Waals surface area contributed by atoms with Crippen molar-refractivity contribution in [1.29, 1.82) is 0 Å². The van der Waals surface area contributed by atoms with Gasteiger partial charge in [-0.1, -0.05) is 26.7 Å². The molecule has 0 radical (unpaired) electrons. The smallest absolute Gasteiger partial charge is 0.0962 e. The Labute approximate surface area is 127 Å². The van der Waals surface area contributed by atoms with Crippen molar-refractivity contribution in [3.05, 3.63) is 15.6 Å². The van der Waals surface area contributed by atoms with Crippen LogP contribution >= 0.6 is 11.3 Å². The summed E-state index contributed by atoms with van der Waals surface area (Å²) < 4.78 is 0. The Morgan fingerprint density at radius 1 is 1.25 bits per heavy atom. The molecule has 0 bridgehead atoms. The molecule has 0 aliphatic heterocycles. The van der Waals surface area contributed by atoms with Crippen LogP contribution in [0.3, 0.4) is 0 Å². The van der Waals surface area contributed by atoms with Crippen LogP contribution in [0, 0.1) is 5.92 Å². The Kier molecular flexibility index (Phi) is 4.77. The third kappa shape index (κ3) is 3.09. The second-order valence-corrected chi connectivity index (χ2v) is 7.84. The summed E-state index contributed by atoms with van der Waals surface area (Å²) in [6, 6.07) is 0. The summed E-state index contributed by atoms with van der Waals surface area (Å²) in [5.41, 5.74) is 1.45. The maximum absolute atomic E-state index is 5.12. The fourth-order valence-electron chi connectivity index (χ4n) is 3.88. The zero-order chi connectivity index (χ0) is 13.9. The molecule has 2 nitrogen and oxygen atoms in total. The lowest BCUT2D eigenvalue weighted by Gasteiger charge is -2.25. The zero-order valence-electron chi connectivity index (χ0n) is 13.0. The first kappa shape index (κ1) is 14.5. The van der Waals surface area contributed by atoms with Crippen LogP contribution in [0.25, 0.3) is 0 Å². The average molecular weight is 292 g/mol. The monoisotopic (exact) mass is 292 g/mol. The van der Waals surface area contributed by atoms with E-state index in [1.165, 1.54) is 55.6 Å². The number of hydrogen-bond acceptors (Lipinski definition) is 3. The third-order valence-corrected chi connectivity index (χ3v) is 6.31. The number of thiazole rings is 1. The van der Waals surface area contributed by atoms with Gasteiger partial charge in [0.1, 0.15) is 0 Å². The summed E-state index contributed by atoms with van der Waals surface area (Å²) in [6.45, 7) is 6.80. The van der Waals surface area contributed by atoms with Crippen LogP contribution in [0.15, 0.2) is 0 Å². The van der Waals surface area contributed by atoms with Gasteiger partial charge >= 0.3 is 0 Å². The van der Waals surface area contributed by atoms with Crippen LogP contribution in [-0.2, 0) is 6.42 Å². The molecule has 3 unspecified atom stereocenters. The molecule has 1 fully saturated rings. The molecule has 2 aliphatic rings. The zero-order valence-corrected chi connectivity index (χ0v) is 13.8. The average Bonchev–Trinajstić information content (AvgIpc) is 2.89. The molecule has 0 amide bonds. The van der Waals surface area contributed by atoms with Crippen molar-refractivity contribution in [1.82, 2.24) is 10.3 Å². The van der Waals surface area contributed by atoms with Gasteiger partial charge in [-0.15, -0.1) is 11.3 Å². The fraction of sp³-hybridized carbons (Fsp3) is 0.824. The SMILES string of the molecule is CCNCC1CCCc2sc(C3CCCC(C)C3)nc21. The van der Waals surface area contributed by atoms with E-state index in [2.05, 4.69) is 19.2 Å². The van der Waals surface area contributed by atoms with Gasteiger partial charge < -0.3 is 5.32 Å². The summed E-state index contributed by atoms with van der Waals surface area (Å²) in [4.78, 5) is 6.73. The molecule has 1 saturated carbocycles. The third-order valence-electron chi connectivity index (χ3n) is 5.01. The van der Waals surface area contributed by atoms with Crippen LogP contribution < -0.4 is 5.32 Å². The van der Waals surface area contributed by atoms with E-state index < -0.39 is 0 Å². The molecule has 3 heteroatoms. The number of nitrogens with one attached hydrogen (secondary N) is 1. The van der Waals surface area contributed by atoms with Crippen LogP contribution in [-0.4, -0.2) is 18.1 Å². The number of rotatable bonds is 4. The van der Waals surface area contributed by atoms with Crippen LogP contribution in [0.2, 0.25) is 0 Å². The van der Waals surface area contributed by atoms with E-state index in [1.807, 2.05) is 11.3 Å². The summed E-state index contributed by atoms with van der Waals surface area (Å²) in [5.74, 6) is 2.33. The van der Waals surface area contributed by atoms with E-state index in [1.54, 1.807) is 4.88 Å². The Hall–Kier alpha value is -0.410. The van der Waals surface area contributed by atoms with Gasteiger partial charge in [0.15, 0.2) is 0 Å². The van der Waals surface area contributed by atoms with E-state index in [4.69, 9.17) is 4.98 Å². The molecule has 3 rings (SSSR count). The standard InChI is InChI=1S/C17H28N2S/c1-3-18-11-14-8-5-9-15-16(14)19-17(20-15)13-7-4-6-12(2)10-13/h12-14,18H,3-11H2,1-2H3. The maximum Gasteiger partial charge on any atom is 0.0962 e. The molecule has 0 aromatic carbocycles. The number of aryl methyl sites for hydroxylation is 1. The molecular weight excluding hydrogens is 264 g/mol. The first-order valence-electron chi connectivity index (χ1n) is 8.48. The largest absolute Gasteiger partial charge is 0.316 e. The van der Waals surface area contributed by atoms with Gasteiger partial charge in [-0.2, -0.15) is 0 Å². The summed E-state index contributed by atoms with van der Waals surface area (Å²) in [5, 5.41) is 4.98.